The summed E-state index contributed by atoms with van der Waals surface area (Å²) in [5.41, 5.74) is 1.20. The number of rotatable bonds is 14. The lowest BCUT2D eigenvalue weighted by molar-refractivity contribution is -0.139. The molecule has 3 atom stereocenters. The Morgan fingerprint density at radius 2 is 1.88 bits per heavy atom. The van der Waals surface area contributed by atoms with Crippen molar-refractivity contribution >= 4 is 34.4 Å². The number of halogens is 1. The summed E-state index contributed by atoms with van der Waals surface area (Å²) in [6, 6.07) is 12.1. The van der Waals surface area contributed by atoms with Gasteiger partial charge in [-0.15, -0.1) is 0 Å². The minimum absolute atomic E-state index is 0.0810. The van der Waals surface area contributed by atoms with Crippen LogP contribution in [0.1, 0.15) is 18.4 Å². The summed E-state index contributed by atoms with van der Waals surface area (Å²) in [6.07, 6.45) is 0.211. The molecular formula is C29H37IN2O8. The Balaban J connectivity index is 1.95. The molecule has 40 heavy (non-hydrogen) atoms. The Morgan fingerprint density at radius 1 is 1.10 bits per heavy atom. The largest absolute Gasteiger partial charge is 0.497 e. The molecule has 0 saturated heterocycles. The minimum atomic E-state index is -1.12. The van der Waals surface area contributed by atoms with Crippen LogP contribution in [-0.4, -0.2) is 92.8 Å². The lowest BCUT2D eigenvalue weighted by atomic mass is 9.87. The van der Waals surface area contributed by atoms with Crippen LogP contribution in [0.15, 0.2) is 54.1 Å². The molecule has 1 aliphatic rings. The molecule has 0 radical (unpaired) electrons. The molecule has 3 rings (SSSR count). The van der Waals surface area contributed by atoms with Crippen LogP contribution in [0, 0.1) is 3.57 Å². The Labute approximate surface area is 248 Å². The molecule has 1 aliphatic carbocycles. The molecular weight excluding hydrogens is 631 g/mol. The molecule has 0 saturated carbocycles. The summed E-state index contributed by atoms with van der Waals surface area (Å²) < 4.78 is 23.1. The predicted molar refractivity (Wildman–Crippen MR) is 158 cm³/mol. The lowest BCUT2D eigenvalue weighted by Crippen LogP contribution is -2.55. The summed E-state index contributed by atoms with van der Waals surface area (Å²) in [5.74, 6) is 1.25. The maximum Gasteiger partial charge on any atom is 0.247 e. The number of nitrogens with one attached hydrogen (secondary N) is 1. The van der Waals surface area contributed by atoms with Crippen LogP contribution in [0.3, 0.4) is 0 Å². The van der Waals surface area contributed by atoms with Gasteiger partial charge < -0.3 is 39.4 Å². The van der Waals surface area contributed by atoms with E-state index in [1.165, 1.54) is 7.11 Å². The van der Waals surface area contributed by atoms with Gasteiger partial charge in [0.15, 0.2) is 0 Å². The third-order valence-corrected chi connectivity index (χ3v) is 7.56. The van der Waals surface area contributed by atoms with Crippen molar-refractivity contribution in [3.05, 3.63) is 63.2 Å². The van der Waals surface area contributed by atoms with E-state index >= 15 is 0 Å². The molecule has 2 aromatic carbocycles. The number of carbonyl (C=O) groups is 2. The van der Waals surface area contributed by atoms with E-state index in [1.54, 1.807) is 43.4 Å². The van der Waals surface area contributed by atoms with Crippen molar-refractivity contribution in [2.45, 2.75) is 37.5 Å². The molecule has 0 bridgehead atoms. The maximum absolute atomic E-state index is 13.5. The molecule has 2 aromatic rings. The second kappa shape index (κ2) is 15.8. The molecule has 10 nitrogen and oxygen atoms in total. The van der Waals surface area contributed by atoms with Crippen molar-refractivity contribution in [3.63, 3.8) is 0 Å². The van der Waals surface area contributed by atoms with Gasteiger partial charge in [-0.1, -0.05) is 12.1 Å². The van der Waals surface area contributed by atoms with Gasteiger partial charge in [0.05, 0.1) is 43.5 Å². The van der Waals surface area contributed by atoms with Crippen LogP contribution >= 0.6 is 22.6 Å². The Morgan fingerprint density at radius 3 is 2.55 bits per heavy atom. The van der Waals surface area contributed by atoms with E-state index in [2.05, 4.69) is 27.9 Å². The van der Waals surface area contributed by atoms with E-state index in [0.717, 1.165) is 9.13 Å². The smallest absolute Gasteiger partial charge is 0.247 e. The van der Waals surface area contributed by atoms with E-state index in [-0.39, 0.29) is 51.0 Å². The van der Waals surface area contributed by atoms with Crippen LogP contribution in [-0.2, 0) is 20.7 Å². The van der Waals surface area contributed by atoms with Crippen molar-refractivity contribution in [1.29, 1.82) is 0 Å². The number of aliphatic hydroxyl groups is 2. The average molecular weight is 669 g/mol. The first-order valence-electron chi connectivity index (χ1n) is 13.0. The first kappa shape index (κ1) is 31.7. The van der Waals surface area contributed by atoms with Crippen LogP contribution in [0.25, 0.3) is 0 Å². The van der Waals surface area contributed by atoms with Gasteiger partial charge in [0.1, 0.15) is 29.5 Å². The van der Waals surface area contributed by atoms with E-state index in [9.17, 15) is 19.8 Å². The fraction of sp³-hybridized carbons (Fsp3) is 0.448. The van der Waals surface area contributed by atoms with Crippen LogP contribution < -0.4 is 19.5 Å². The molecule has 3 unspecified atom stereocenters. The fourth-order valence-corrected chi connectivity index (χ4v) is 5.11. The molecule has 0 aliphatic heterocycles. The number of methoxy groups -OCH3 is 3. The number of benzene rings is 2. The summed E-state index contributed by atoms with van der Waals surface area (Å²) in [4.78, 5) is 28.1. The Hall–Kier alpha value is -2.87. The van der Waals surface area contributed by atoms with Crippen molar-refractivity contribution in [2.24, 2.45) is 0 Å². The molecule has 3 N–H and O–H groups in total. The standard InChI is InChI=1S/C29H37IN2O8/c1-37-15-11-27(34)32(13-10-19-16-21(38-2)8-9-24(19)39-3)23-17-20(29(36)31-12-14-33)18-26(28(23)35)40-25-7-5-4-6-22(25)30/h4-9,16,18,23,26,28,33,35H,10-15,17H2,1-3H3,(H,31,36). The number of hydrogen-bond donors (Lipinski definition) is 3. The summed E-state index contributed by atoms with van der Waals surface area (Å²) >= 11 is 2.14. The number of nitrogens with zero attached hydrogens (tertiary/aromatic N) is 1. The SMILES string of the molecule is COCCC(=O)N(CCc1cc(OC)ccc1OC)C1CC(C(=O)NCCO)=CC(Oc2ccccc2I)C1O. The van der Waals surface area contributed by atoms with E-state index in [1.807, 2.05) is 24.3 Å². The fourth-order valence-electron chi connectivity index (χ4n) is 4.59. The van der Waals surface area contributed by atoms with Gasteiger partial charge in [-0.2, -0.15) is 0 Å². The van der Waals surface area contributed by atoms with Gasteiger partial charge >= 0.3 is 0 Å². The normalized spacial score (nSPS) is 18.4. The zero-order valence-electron chi connectivity index (χ0n) is 23.0. The number of aliphatic hydroxyl groups excluding tert-OH is 2. The molecule has 0 fully saturated rings. The zero-order valence-corrected chi connectivity index (χ0v) is 25.1. The van der Waals surface area contributed by atoms with Gasteiger partial charge in [-0.05, 0) is 71.0 Å². The number of carbonyl (C=O) groups excluding carboxylic acids is 2. The average Bonchev–Trinajstić information content (AvgIpc) is 2.97. The van der Waals surface area contributed by atoms with Crippen molar-refractivity contribution in [3.8, 4) is 17.2 Å². The summed E-state index contributed by atoms with van der Waals surface area (Å²) in [5, 5.41) is 23.4. The van der Waals surface area contributed by atoms with Crippen LogP contribution in [0.2, 0.25) is 0 Å². The molecule has 0 heterocycles. The Bertz CT molecular complexity index is 1170. The molecule has 218 valence electrons. The van der Waals surface area contributed by atoms with Crippen LogP contribution in [0.4, 0.5) is 0 Å². The first-order valence-corrected chi connectivity index (χ1v) is 14.1. The van der Waals surface area contributed by atoms with E-state index < -0.39 is 18.2 Å². The van der Waals surface area contributed by atoms with E-state index in [4.69, 9.17) is 18.9 Å². The van der Waals surface area contributed by atoms with Gasteiger partial charge in [0, 0.05) is 32.2 Å². The predicted octanol–water partition coefficient (Wildman–Crippen LogP) is 2.33. The third-order valence-electron chi connectivity index (χ3n) is 6.66. The highest BCUT2D eigenvalue weighted by Gasteiger charge is 2.40. The van der Waals surface area contributed by atoms with Crippen LogP contribution in [0.5, 0.6) is 17.2 Å². The monoisotopic (exact) mass is 668 g/mol. The van der Waals surface area contributed by atoms with Gasteiger partial charge in [-0.25, -0.2) is 0 Å². The van der Waals surface area contributed by atoms with E-state index in [0.29, 0.717) is 29.2 Å². The summed E-state index contributed by atoms with van der Waals surface area (Å²) in [7, 11) is 4.67. The summed E-state index contributed by atoms with van der Waals surface area (Å²) in [6.45, 7) is 0.326. The second-order valence-corrected chi connectivity index (χ2v) is 10.4. The van der Waals surface area contributed by atoms with Crippen molar-refractivity contribution in [2.75, 3.05) is 47.6 Å². The number of hydrogen-bond acceptors (Lipinski definition) is 8. The van der Waals surface area contributed by atoms with Gasteiger partial charge in [-0.3, -0.25) is 9.59 Å². The van der Waals surface area contributed by atoms with Gasteiger partial charge in [0.2, 0.25) is 11.8 Å². The highest BCUT2D eigenvalue weighted by molar-refractivity contribution is 14.1. The second-order valence-electron chi connectivity index (χ2n) is 9.20. The molecule has 0 aromatic heterocycles. The zero-order chi connectivity index (χ0) is 29.1. The third kappa shape index (κ3) is 8.32. The topological polar surface area (TPSA) is 127 Å². The highest BCUT2D eigenvalue weighted by Crippen LogP contribution is 2.31. The lowest BCUT2D eigenvalue weighted by Gasteiger charge is -2.40. The van der Waals surface area contributed by atoms with Gasteiger partial charge in [0.25, 0.3) is 0 Å². The van der Waals surface area contributed by atoms with Crippen molar-refractivity contribution < 1.29 is 38.7 Å². The molecule has 0 spiro atoms. The Kier molecular flexibility index (Phi) is 12.5. The quantitative estimate of drug-likeness (QED) is 0.262. The number of para-hydroxylation sites is 1. The number of amides is 2. The maximum atomic E-state index is 13.5. The molecule has 2 amide bonds. The number of ether oxygens (including phenoxy) is 4. The van der Waals surface area contributed by atoms with Crippen molar-refractivity contribution in [1.82, 2.24) is 10.2 Å². The minimum Gasteiger partial charge on any atom is -0.497 e. The highest BCUT2D eigenvalue weighted by atomic mass is 127. The first-order chi connectivity index (χ1) is 19.3. The molecule has 11 heteroatoms.